The van der Waals surface area contributed by atoms with E-state index in [-0.39, 0.29) is 10.8 Å². The number of hydrogen-bond acceptors (Lipinski definition) is 6. The van der Waals surface area contributed by atoms with E-state index in [9.17, 15) is 13.2 Å². The first kappa shape index (κ1) is 21.4. The van der Waals surface area contributed by atoms with Crippen molar-refractivity contribution in [2.24, 2.45) is 0 Å². The molecule has 0 bridgehead atoms. The van der Waals surface area contributed by atoms with Crippen molar-refractivity contribution in [1.82, 2.24) is 14.7 Å². The van der Waals surface area contributed by atoms with Gasteiger partial charge in [-0.1, -0.05) is 12.1 Å². The van der Waals surface area contributed by atoms with E-state index in [2.05, 4.69) is 25.3 Å². The maximum atomic E-state index is 12.8. The van der Waals surface area contributed by atoms with Crippen LogP contribution in [0.4, 0.5) is 17.3 Å². The summed E-state index contributed by atoms with van der Waals surface area (Å²) in [5.41, 5.74) is 3.92. The molecule has 9 heteroatoms. The van der Waals surface area contributed by atoms with Gasteiger partial charge in [0.05, 0.1) is 4.90 Å². The van der Waals surface area contributed by atoms with Crippen LogP contribution in [0.1, 0.15) is 27.3 Å². The summed E-state index contributed by atoms with van der Waals surface area (Å²) in [4.78, 5) is 21.5. The standard InChI is InChI=1S/C21H23N5O3S/c1-13-8-9-18(30(28,29)22-4)12-19(13)26-20(27)16-6-5-7-17(11-16)25-21-23-14(2)10-15(3)24-21/h5-12,22H,1-4H3,(H,26,27)(H,23,24,25). The predicted octanol–water partition coefficient (Wildman–Crippen LogP) is 3.31. The molecule has 0 aliphatic carbocycles. The molecule has 1 heterocycles. The zero-order chi connectivity index (χ0) is 21.9. The minimum Gasteiger partial charge on any atom is -0.324 e. The van der Waals surface area contributed by atoms with Crippen LogP contribution in [0.25, 0.3) is 0 Å². The Bertz CT molecular complexity index is 1190. The maximum Gasteiger partial charge on any atom is 0.255 e. The van der Waals surface area contributed by atoms with Gasteiger partial charge >= 0.3 is 0 Å². The molecule has 0 saturated heterocycles. The first-order valence-corrected chi connectivity index (χ1v) is 10.7. The van der Waals surface area contributed by atoms with Crippen molar-refractivity contribution in [3.63, 3.8) is 0 Å². The lowest BCUT2D eigenvalue weighted by Crippen LogP contribution is -2.19. The van der Waals surface area contributed by atoms with Crippen molar-refractivity contribution in [3.8, 4) is 0 Å². The van der Waals surface area contributed by atoms with Crippen molar-refractivity contribution in [2.75, 3.05) is 17.7 Å². The van der Waals surface area contributed by atoms with E-state index in [1.807, 2.05) is 26.0 Å². The predicted molar refractivity (Wildman–Crippen MR) is 117 cm³/mol. The number of anilines is 3. The summed E-state index contributed by atoms with van der Waals surface area (Å²) in [6, 6.07) is 13.4. The Morgan fingerprint density at radius 1 is 0.933 bits per heavy atom. The van der Waals surface area contributed by atoms with Crippen LogP contribution >= 0.6 is 0 Å². The molecule has 3 aromatic rings. The Morgan fingerprint density at radius 3 is 2.30 bits per heavy atom. The zero-order valence-electron chi connectivity index (χ0n) is 17.1. The molecule has 0 radical (unpaired) electrons. The van der Waals surface area contributed by atoms with E-state index in [4.69, 9.17) is 0 Å². The monoisotopic (exact) mass is 425 g/mol. The molecule has 0 saturated carbocycles. The minimum absolute atomic E-state index is 0.0771. The van der Waals surface area contributed by atoms with Crippen LogP contribution < -0.4 is 15.4 Å². The van der Waals surface area contributed by atoms with Crippen molar-refractivity contribution in [3.05, 3.63) is 71.0 Å². The third kappa shape index (κ3) is 5.00. The molecule has 0 unspecified atom stereocenters. The molecule has 8 nitrogen and oxygen atoms in total. The Labute approximate surface area is 175 Å². The number of benzene rings is 2. The summed E-state index contributed by atoms with van der Waals surface area (Å²) in [5, 5.41) is 5.89. The van der Waals surface area contributed by atoms with Gasteiger partial charge in [0.15, 0.2) is 0 Å². The number of aryl methyl sites for hydroxylation is 3. The molecule has 156 valence electrons. The highest BCUT2D eigenvalue weighted by Crippen LogP contribution is 2.22. The molecule has 1 aromatic heterocycles. The second-order valence-corrected chi connectivity index (χ2v) is 8.71. The van der Waals surface area contributed by atoms with Gasteiger partial charge < -0.3 is 10.6 Å². The SMILES string of the molecule is CNS(=O)(=O)c1ccc(C)c(NC(=O)c2cccc(Nc3nc(C)cc(C)n3)c2)c1. The molecule has 1 amide bonds. The van der Waals surface area contributed by atoms with Crippen LogP contribution in [0.15, 0.2) is 53.4 Å². The molecule has 0 spiro atoms. The van der Waals surface area contributed by atoms with Gasteiger partial charge in [0.25, 0.3) is 5.91 Å². The number of amides is 1. The maximum absolute atomic E-state index is 12.8. The van der Waals surface area contributed by atoms with Gasteiger partial charge in [-0.2, -0.15) is 0 Å². The van der Waals surface area contributed by atoms with Crippen molar-refractivity contribution in [2.45, 2.75) is 25.7 Å². The Balaban J connectivity index is 1.83. The van der Waals surface area contributed by atoms with E-state index < -0.39 is 10.0 Å². The lowest BCUT2D eigenvalue weighted by atomic mass is 10.1. The average Bonchev–Trinajstić information content (AvgIpc) is 2.69. The Hall–Kier alpha value is -3.30. The van der Waals surface area contributed by atoms with Gasteiger partial charge in [-0.05, 0) is 69.8 Å². The van der Waals surface area contributed by atoms with Crippen molar-refractivity contribution < 1.29 is 13.2 Å². The largest absolute Gasteiger partial charge is 0.324 e. The zero-order valence-corrected chi connectivity index (χ0v) is 18.0. The van der Waals surface area contributed by atoms with E-state index in [1.165, 1.54) is 19.2 Å². The van der Waals surface area contributed by atoms with E-state index in [0.717, 1.165) is 17.0 Å². The number of carbonyl (C=O) groups excluding carboxylic acids is 1. The van der Waals surface area contributed by atoms with Gasteiger partial charge in [0.2, 0.25) is 16.0 Å². The van der Waals surface area contributed by atoms with E-state index in [0.29, 0.717) is 22.9 Å². The first-order chi connectivity index (χ1) is 14.2. The highest BCUT2D eigenvalue weighted by Gasteiger charge is 2.15. The van der Waals surface area contributed by atoms with Crippen LogP contribution in [-0.4, -0.2) is 31.3 Å². The van der Waals surface area contributed by atoms with Gasteiger partial charge in [-0.25, -0.2) is 23.1 Å². The Kier molecular flexibility index (Phi) is 6.14. The lowest BCUT2D eigenvalue weighted by Gasteiger charge is -2.12. The number of nitrogens with one attached hydrogen (secondary N) is 3. The summed E-state index contributed by atoms with van der Waals surface area (Å²) >= 11 is 0. The third-order valence-electron chi connectivity index (χ3n) is 4.40. The second kappa shape index (κ2) is 8.60. The topological polar surface area (TPSA) is 113 Å². The summed E-state index contributed by atoms with van der Waals surface area (Å²) in [5.74, 6) is 0.0907. The minimum atomic E-state index is -3.61. The van der Waals surface area contributed by atoms with Crippen LogP contribution in [-0.2, 0) is 10.0 Å². The second-order valence-electron chi connectivity index (χ2n) is 6.82. The molecule has 0 aliphatic rings. The molecule has 3 N–H and O–H groups in total. The molecule has 3 rings (SSSR count). The number of aromatic nitrogens is 2. The highest BCUT2D eigenvalue weighted by molar-refractivity contribution is 7.89. The van der Waals surface area contributed by atoms with Crippen molar-refractivity contribution in [1.29, 1.82) is 0 Å². The van der Waals surface area contributed by atoms with Gasteiger partial charge in [0, 0.05) is 28.3 Å². The molecule has 0 fully saturated rings. The number of hydrogen-bond donors (Lipinski definition) is 3. The van der Waals surface area contributed by atoms with Gasteiger partial charge in [-0.3, -0.25) is 4.79 Å². The quantitative estimate of drug-likeness (QED) is 0.558. The van der Waals surface area contributed by atoms with E-state index in [1.54, 1.807) is 31.2 Å². The molecule has 0 atom stereocenters. The lowest BCUT2D eigenvalue weighted by molar-refractivity contribution is 0.102. The molecule has 0 aliphatic heterocycles. The fourth-order valence-corrected chi connectivity index (χ4v) is 3.62. The van der Waals surface area contributed by atoms with Crippen LogP contribution in [0, 0.1) is 20.8 Å². The number of rotatable bonds is 6. The summed E-state index contributed by atoms with van der Waals surface area (Å²) in [7, 11) is -2.27. The summed E-state index contributed by atoms with van der Waals surface area (Å²) in [6.45, 7) is 5.56. The molecule has 30 heavy (non-hydrogen) atoms. The fraction of sp³-hybridized carbons (Fsp3) is 0.190. The smallest absolute Gasteiger partial charge is 0.255 e. The average molecular weight is 426 g/mol. The van der Waals surface area contributed by atoms with Gasteiger partial charge in [0.1, 0.15) is 0 Å². The summed E-state index contributed by atoms with van der Waals surface area (Å²) in [6.07, 6.45) is 0. The van der Waals surface area contributed by atoms with Gasteiger partial charge in [-0.15, -0.1) is 0 Å². The normalized spacial score (nSPS) is 11.2. The Morgan fingerprint density at radius 2 is 1.63 bits per heavy atom. The number of carbonyl (C=O) groups is 1. The number of sulfonamides is 1. The third-order valence-corrected chi connectivity index (χ3v) is 5.81. The van der Waals surface area contributed by atoms with Crippen LogP contribution in [0.3, 0.4) is 0 Å². The van der Waals surface area contributed by atoms with Crippen LogP contribution in [0.2, 0.25) is 0 Å². The molecular formula is C21H23N5O3S. The molecule has 2 aromatic carbocycles. The van der Waals surface area contributed by atoms with Crippen molar-refractivity contribution >= 4 is 33.3 Å². The summed E-state index contributed by atoms with van der Waals surface area (Å²) < 4.78 is 26.4. The molecular weight excluding hydrogens is 402 g/mol. The van der Waals surface area contributed by atoms with Crippen LogP contribution in [0.5, 0.6) is 0 Å². The number of nitrogens with zero attached hydrogens (tertiary/aromatic N) is 2. The van der Waals surface area contributed by atoms with E-state index >= 15 is 0 Å². The first-order valence-electron chi connectivity index (χ1n) is 9.23. The highest BCUT2D eigenvalue weighted by atomic mass is 32.2. The fourth-order valence-electron chi connectivity index (χ4n) is 2.86.